The van der Waals surface area contributed by atoms with Crippen molar-refractivity contribution in [3.63, 3.8) is 0 Å². The number of nitrogens with two attached hydrogens (primary N) is 1. The Morgan fingerprint density at radius 2 is 2.21 bits per heavy atom. The maximum atomic E-state index is 11.0. The molecular formula is C11H16N4O4. The van der Waals surface area contributed by atoms with E-state index in [4.69, 9.17) is 20.3 Å². The molecule has 1 aliphatic heterocycles. The van der Waals surface area contributed by atoms with Crippen molar-refractivity contribution in [2.24, 2.45) is 5.73 Å². The Kier molecular flexibility index (Phi) is 4.48. The summed E-state index contributed by atoms with van der Waals surface area (Å²) in [5, 5.41) is 9.04. The molecule has 0 saturated carbocycles. The van der Waals surface area contributed by atoms with Crippen molar-refractivity contribution < 1.29 is 19.4 Å². The second-order valence-electron chi connectivity index (χ2n) is 3.93. The van der Waals surface area contributed by atoms with Crippen molar-refractivity contribution in [3.05, 3.63) is 11.8 Å². The minimum atomic E-state index is -1.12. The minimum absolute atomic E-state index is 0.0940. The third-order valence-electron chi connectivity index (χ3n) is 2.57. The summed E-state index contributed by atoms with van der Waals surface area (Å²) in [4.78, 5) is 21.1. The summed E-state index contributed by atoms with van der Waals surface area (Å²) in [7, 11) is 0. The van der Waals surface area contributed by atoms with Crippen LogP contribution in [0.1, 0.15) is 10.5 Å². The Labute approximate surface area is 110 Å². The molecule has 2 heterocycles. The molecule has 8 heteroatoms. The molecule has 0 atom stereocenters. The summed E-state index contributed by atoms with van der Waals surface area (Å²) in [5.74, 6) is -0.552. The van der Waals surface area contributed by atoms with E-state index >= 15 is 0 Å². The molecule has 0 amide bonds. The van der Waals surface area contributed by atoms with Gasteiger partial charge in [-0.1, -0.05) is 0 Å². The third kappa shape index (κ3) is 3.52. The second kappa shape index (κ2) is 6.30. The zero-order valence-corrected chi connectivity index (χ0v) is 10.4. The molecule has 8 nitrogen and oxygen atoms in total. The van der Waals surface area contributed by atoms with E-state index in [-0.39, 0.29) is 18.2 Å². The number of aromatic nitrogens is 2. The Morgan fingerprint density at radius 3 is 2.84 bits per heavy atom. The fraction of sp³-hybridized carbons (Fsp3) is 0.545. The van der Waals surface area contributed by atoms with Gasteiger partial charge in [0.2, 0.25) is 11.8 Å². The van der Waals surface area contributed by atoms with Crippen LogP contribution in [0.4, 0.5) is 5.95 Å². The predicted molar refractivity (Wildman–Crippen MR) is 66.6 cm³/mol. The quantitative estimate of drug-likeness (QED) is 0.724. The highest BCUT2D eigenvalue weighted by Gasteiger charge is 2.18. The van der Waals surface area contributed by atoms with Gasteiger partial charge in [0.1, 0.15) is 6.61 Å². The van der Waals surface area contributed by atoms with Gasteiger partial charge >= 0.3 is 5.97 Å². The first-order valence-electron chi connectivity index (χ1n) is 5.98. The number of carboxylic acids is 1. The number of anilines is 1. The standard InChI is InChI=1S/C11H16N4O4/c12-1-4-19-9-7-8(10(16)17)13-11(14-9)15-2-5-18-6-3-15/h7H,1-6,12H2,(H,16,17). The van der Waals surface area contributed by atoms with Gasteiger partial charge in [-0.15, -0.1) is 0 Å². The van der Waals surface area contributed by atoms with E-state index in [1.807, 2.05) is 4.90 Å². The fourth-order valence-corrected chi connectivity index (χ4v) is 1.66. The van der Waals surface area contributed by atoms with E-state index in [0.717, 1.165) is 0 Å². The monoisotopic (exact) mass is 268 g/mol. The molecular weight excluding hydrogens is 252 g/mol. The normalized spacial score (nSPS) is 15.3. The lowest BCUT2D eigenvalue weighted by atomic mass is 10.4. The van der Waals surface area contributed by atoms with Gasteiger partial charge in [0.05, 0.1) is 13.2 Å². The lowest BCUT2D eigenvalue weighted by Crippen LogP contribution is -2.37. The van der Waals surface area contributed by atoms with Crippen LogP contribution in [0.5, 0.6) is 5.88 Å². The number of aromatic carboxylic acids is 1. The highest BCUT2D eigenvalue weighted by atomic mass is 16.5. The van der Waals surface area contributed by atoms with E-state index in [9.17, 15) is 4.79 Å². The number of carboxylic acid groups (broad SMARTS) is 1. The van der Waals surface area contributed by atoms with Crippen LogP contribution < -0.4 is 15.4 Å². The van der Waals surface area contributed by atoms with E-state index in [0.29, 0.717) is 38.8 Å². The predicted octanol–water partition coefficient (Wildman–Crippen LogP) is -0.651. The Bertz CT molecular complexity index is 448. The maximum absolute atomic E-state index is 11.0. The van der Waals surface area contributed by atoms with Crippen molar-refractivity contribution in [2.75, 3.05) is 44.4 Å². The van der Waals surface area contributed by atoms with E-state index in [1.165, 1.54) is 6.07 Å². The summed E-state index contributed by atoms with van der Waals surface area (Å²) in [6.45, 7) is 3.00. The van der Waals surface area contributed by atoms with Crippen molar-refractivity contribution in [2.45, 2.75) is 0 Å². The van der Waals surface area contributed by atoms with Gasteiger partial charge < -0.3 is 25.2 Å². The molecule has 2 rings (SSSR count). The van der Waals surface area contributed by atoms with Crippen molar-refractivity contribution in [3.8, 4) is 5.88 Å². The Balaban J connectivity index is 2.24. The van der Waals surface area contributed by atoms with Crippen LogP contribution in [-0.2, 0) is 4.74 Å². The van der Waals surface area contributed by atoms with Crippen molar-refractivity contribution >= 4 is 11.9 Å². The Morgan fingerprint density at radius 1 is 1.47 bits per heavy atom. The average Bonchev–Trinajstić information content (AvgIpc) is 2.45. The highest BCUT2D eigenvalue weighted by Crippen LogP contribution is 2.17. The smallest absolute Gasteiger partial charge is 0.354 e. The van der Waals surface area contributed by atoms with Gasteiger partial charge in [-0.05, 0) is 0 Å². The minimum Gasteiger partial charge on any atom is -0.477 e. The van der Waals surface area contributed by atoms with Crippen LogP contribution in [0.2, 0.25) is 0 Å². The fourth-order valence-electron chi connectivity index (χ4n) is 1.66. The molecule has 1 aromatic heterocycles. The number of hydrogen-bond donors (Lipinski definition) is 2. The number of hydrogen-bond acceptors (Lipinski definition) is 7. The van der Waals surface area contributed by atoms with Gasteiger partial charge in [0, 0.05) is 25.7 Å². The van der Waals surface area contributed by atoms with Crippen molar-refractivity contribution in [1.29, 1.82) is 0 Å². The lowest BCUT2D eigenvalue weighted by Gasteiger charge is -2.27. The first kappa shape index (κ1) is 13.5. The largest absolute Gasteiger partial charge is 0.477 e. The molecule has 3 N–H and O–H groups in total. The SMILES string of the molecule is NCCOc1cc(C(=O)O)nc(N2CCOCC2)n1. The van der Waals surface area contributed by atoms with Crippen LogP contribution in [-0.4, -0.2) is 60.5 Å². The van der Waals surface area contributed by atoms with Gasteiger partial charge in [0.25, 0.3) is 0 Å². The molecule has 104 valence electrons. The average molecular weight is 268 g/mol. The molecule has 0 aliphatic carbocycles. The maximum Gasteiger partial charge on any atom is 0.354 e. The first-order valence-corrected chi connectivity index (χ1v) is 5.98. The zero-order chi connectivity index (χ0) is 13.7. The van der Waals surface area contributed by atoms with Crippen LogP contribution in [0.3, 0.4) is 0 Å². The molecule has 0 bridgehead atoms. The molecule has 1 aromatic rings. The van der Waals surface area contributed by atoms with E-state index in [1.54, 1.807) is 0 Å². The van der Waals surface area contributed by atoms with E-state index < -0.39 is 5.97 Å². The molecule has 19 heavy (non-hydrogen) atoms. The number of nitrogens with zero attached hydrogens (tertiary/aromatic N) is 3. The molecule has 1 fully saturated rings. The number of rotatable bonds is 5. The van der Waals surface area contributed by atoms with Crippen molar-refractivity contribution in [1.82, 2.24) is 9.97 Å². The van der Waals surface area contributed by atoms with Crippen LogP contribution in [0.15, 0.2) is 6.07 Å². The highest BCUT2D eigenvalue weighted by molar-refractivity contribution is 5.86. The number of carbonyl (C=O) groups is 1. The zero-order valence-electron chi connectivity index (χ0n) is 10.4. The lowest BCUT2D eigenvalue weighted by molar-refractivity contribution is 0.0689. The molecule has 0 spiro atoms. The molecule has 0 unspecified atom stereocenters. The summed E-state index contributed by atoms with van der Waals surface area (Å²) in [5.41, 5.74) is 5.25. The first-order chi connectivity index (χ1) is 9.20. The van der Waals surface area contributed by atoms with E-state index in [2.05, 4.69) is 9.97 Å². The van der Waals surface area contributed by atoms with Gasteiger partial charge in [-0.25, -0.2) is 9.78 Å². The Hall–Kier alpha value is -1.93. The molecule has 0 aromatic carbocycles. The topological polar surface area (TPSA) is 111 Å². The van der Waals surface area contributed by atoms with Crippen LogP contribution in [0.25, 0.3) is 0 Å². The summed E-state index contributed by atoms with van der Waals surface area (Å²) < 4.78 is 10.5. The van der Waals surface area contributed by atoms with Crippen LogP contribution in [0, 0.1) is 0 Å². The van der Waals surface area contributed by atoms with Crippen LogP contribution >= 0.6 is 0 Å². The molecule has 1 aliphatic rings. The van der Waals surface area contributed by atoms with Gasteiger partial charge in [-0.3, -0.25) is 0 Å². The summed E-state index contributed by atoms with van der Waals surface area (Å²) in [6, 6.07) is 1.29. The van der Waals surface area contributed by atoms with Gasteiger partial charge in [-0.2, -0.15) is 4.98 Å². The summed E-state index contributed by atoms with van der Waals surface area (Å²) >= 11 is 0. The van der Waals surface area contributed by atoms with Gasteiger partial charge in [0.15, 0.2) is 5.69 Å². The summed E-state index contributed by atoms with van der Waals surface area (Å²) in [6.07, 6.45) is 0. The molecule has 0 radical (unpaired) electrons. The number of morpholine rings is 1. The number of ether oxygens (including phenoxy) is 2. The molecule has 1 saturated heterocycles. The third-order valence-corrected chi connectivity index (χ3v) is 2.57. The second-order valence-corrected chi connectivity index (χ2v) is 3.93.